The van der Waals surface area contributed by atoms with Gasteiger partial charge in [-0.2, -0.15) is 0 Å². The number of quaternary nitrogens is 1. The molecule has 3 nitrogen and oxygen atoms in total. The fraction of sp³-hybridized carbons (Fsp3) is 0.550. The van der Waals surface area contributed by atoms with E-state index >= 15 is 0 Å². The van der Waals surface area contributed by atoms with E-state index in [4.69, 9.17) is 0 Å². The SMILES string of the molecule is O=C(c1ccccc1)N(CC[NH+]1CCCC1)C[C@H]1CC=CCC1. The van der Waals surface area contributed by atoms with Gasteiger partial charge in [0.15, 0.2) is 0 Å². The van der Waals surface area contributed by atoms with Crippen molar-refractivity contribution in [2.45, 2.75) is 32.1 Å². The first-order chi connectivity index (χ1) is 11.3. The van der Waals surface area contributed by atoms with Crippen LogP contribution < -0.4 is 4.90 Å². The Morgan fingerprint density at radius 2 is 1.91 bits per heavy atom. The van der Waals surface area contributed by atoms with Gasteiger partial charge in [-0.15, -0.1) is 0 Å². The van der Waals surface area contributed by atoms with Gasteiger partial charge in [-0.3, -0.25) is 4.79 Å². The highest BCUT2D eigenvalue weighted by atomic mass is 16.2. The lowest BCUT2D eigenvalue weighted by molar-refractivity contribution is -0.886. The number of allylic oxidation sites excluding steroid dienone is 2. The average Bonchev–Trinajstić information content (AvgIpc) is 3.13. The number of carbonyl (C=O) groups is 1. The molecule has 0 bridgehead atoms. The number of rotatable bonds is 6. The quantitative estimate of drug-likeness (QED) is 0.800. The molecule has 3 heteroatoms. The molecule has 0 radical (unpaired) electrons. The number of benzene rings is 1. The summed E-state index contributed by atoms with van der Waals surface area (Å²) in [5.41, 5.74) is 0.829. The van der Waals surface area contributed by atoms with Crippen molar-refractivity contribution >= 4 is 5.91 Å². The van der Waals surface area contributed by atoms with Gasteiger partial charge in [0, 0.05) is 24.9 Å². The molecule has 1 aliphatic carbocycles. The van der Waals surface area contributed by atoms with E-state index in [0.29, 0.717) is 5.92 Å². The van der Waals surface area contributed by atoms with Crippen molar-refractivity contribution in [3.63, 3.8) is 0 Å². The van der Waals surface area contributed by atoms with Crippen molar-refractivity contribution in [2.24, 2.45) is 5.92 Å². The molecule has 1 heterocycles. The van der Waals surface area contributed by atoms with Gasteiger partial charge in [-0.1, -0.05) is 30.4 Å². The van der Waals surface area contributed by atoms with Crippen molar-refractivity contribution in [2.75, 3.05) is 32.7 Å². The molecule has 0 spiro atoms. The zero-order chi connectivity index (χ0) is 15.9. The van der Waals surface area contributed by atoms with Crippen LogP contribution in [0.15, 0.2) is 42.5 Å². The van der Waals surface area contributed by atoms with Gasteiger partial charge in [0.2, 0.25) is 0 Å². The van der Waals surface area contributed by atoms with E-state index in [1.54, 1.807) is 4.90 Å². The molecule has 1 saturated heterocycles. The molecule has 2 aliphatic rings. The predicted molar refractivity (Wildman–Crippen MR) is 93.6 cm³/mol. The maximum Gasteiger partial charge on any atom is 0.254 e. The van der Waals surface area contributed by atoms with Crippen LogP contribution in [-0.2, 0) is 0 Å². The van der Waals surface area contributed by atoms with Gasteiger partial charge < -0.3 is 9.80 Å². The minimum atomic E-state index is 0.207. The summed E-state index contributed by atoms with van der Waals surface area (Å²) in [6.45, 7) is 5.45. The van der Waals surface area contributed by atoms with Crippen LogP contribution in [0.1, 0.15) is 42.5 Å². The Morgan fingerprint density at radius 3 is 2.61 bits per heavy atom. The average molecular weight is 313 g/mol. The second-order valence-corrected chi connectivity index (χ2v) is 6.97. The lowest BCUT2D eigenvalue weighted by Gasteiger charge is -2.29. The van der Waals surface area contributed by atoms with Gasteiger partial charge >= 0.3 is 0 Å². The smallest absolute Gasteiger partial charge is 0.254 e. The molecule has 0 aromatic heterocycles. The minimum absolute atomic E-state index is 0.207. The summed E-state index contributed by atoms with van der Waals surface area (Å²) in [5, 5.41) is 0. The standard InChI is InChI=1S/C20H28N2O/c23-20(19-11-5-2-6-12-19)22(16-15-21-13-7-8-14-21)17-18-9-3-1-4-10-18/h1-3,5-6,11-12,18H,4,7-10,13-17H2/p+1/t18-/m0/s1. The summed E-state index contributed by atoms with van der Waals surface area (Å²) in [5.74, 6) is 0.833. The topological polar surface area (TPSA) is 24.8 Å². The molecule has 1 amide bonds. The van der Waals surface area contributed by atoms with E-state index in [-0.39, 0.29) is 5.91 Å². The van der Waals surface area contributed by atoms with Crippen LogP contribution in [-0.4, -0.2) is 43.5 Å². The zero-order valence-corrected chi connectivity index (χ0v) is 14.0. The summed E-state index contributed by atoms with van der Waals surface area (Å²) in [6.07, 6.45) is 10.7. The van der Waals surface area contributed by atoms with Crippen molar-refractivity contribution in [1.82, 2.24) is 4.90 Å². The van der Waals surface area contributed by atoms with E-state index in [1.165, 1.54) is 32.4 Å². The van der Waals surface area contributed by atoms with Crippen molar-refractivity contribution in [3.05, 3.63) is 48.0 Å². The number of amides is 1. The maximum absolute atomic E-state index is 12.9. The Kier molecular flexibility index (Phi) is 5.87. The summed E-state index contributed by atoms with van der Waals surface area (Å²) in [7, 11) is 0. The number of nitrogens with one attached hydrogen (secondary N) is 1. The van der Waals surface area contributed by atoms with Crippen LogP contribution in [0.5, 0.6) is 0 Å². The van der Waals surface area contributed by atoms with Gasteiger partial charge in [0.1, 0.15) is 0 Å². The highest BCUT2D eigenvalue weighted by molar-refractivity contribution is 5.94. The van der Waals surface area contributed by atoms with E-state index in [2.05, 4.69) is 17.1 Å². The summed E-state index contributed by atoms with van der Waals surface area (Å²) < 4.78 is 0. The monoisotopic (exact) mass is 313 g/mol. The highest BCUT2D eigenvalue weighted by Crippen LogP contribution is 2.20. The number of hydrogen-bond acceptors (Lipinski definition) is 1. The van der Waals surface area contributed by atoms with Crippen LogP contribution in [0.4, 0.5) is 0 Å². The molecule has 1 atom stereocenters. The fourth-order valence-electron chi connectivity index (χ4n) is 3.79. The van der Waals surface area contributed by atoms with E-state index in [9.17, 15) is 4.79 Å². The van der Waals surface area contributed by atoms with Crippen molar-refractivity contribution < 1.29 is 9.69 Å². The van der Waals surface area contributed by atoms with E-state index < -0.39 is 0 Å². The second kappa shape index (κ2) is 8.30. The normalized spacial score (nSPS) is 21.5. The first-order valence-corrected chi connectivity index (χ1v) is 9.16. The Labute approximate surface area is 140 Å². The van der Waals surface area contributed by atoms with Gasteiger partial charge in [-0.05, 0) is 37.3 Å². The molecule has 0 saturated carbocycles. The molecule has 0 unspecified atom stereocenters. The predicted octanol–water partition coefficient (Wildman–Crippen LogP) is 2.16. The molecular weight excluding hydrogens is 284 g/mol. The third-order valence-corrected chi connectivity index (χ3v) is 5.21. The van der Waals surface area contributed by atoms with Crippen LogP contribution in [0.3, 0.4) is 0 Å². The molecule has 23 heavy (non-hydrogen) atoms. The highest BCUT2D eigenvalue weighted by Gasteiger charge is 2.23. The molecular formula is C20H29N2O+. The fourth-order valence-corrected chi connectivity index (χ4v) is 3.79. The Bertz CT molecular complexity index is 520. The third-order valence-electron chi connectivity index (χ3n) is 5.21. The molecule has 124 valence electrons. The zero-order valence-electron chi connectivity index (χ0n) is 14.0. The lowest BCUT2D eigenvalue weighted by Crippen LogP contribution is -3.10. The molecule has 1 aromatic rings. The number of nitrogens with zero attached hydrogens (tertiary/aromatic N) is 1. The molecule has 1 aromatic carbocycles. The summed E-state index contributed by atoms with van der Waals surface area (Å²) >= 11 is 0. The van der Waals surface area contributed by atoms with Crippen molar-refractivity contribution in [1.29, 1.82) is 0 Å². The summed E-state index contributed by atoms with van der Waals surface area (Å²) in [4.78, 5) is 16.7. The lowest BCUT2D eigenvalue weighted by atomic mass is 9.93. The number of likely N-dealkylation sites (tertiary alicyclic amines) is 1. The Balaban J connectivity index is 1.64. The van der Waals surface area contributed by atoms with Crippen LogP contribution in [0, 0.1) is 5.92 Å². The number of carbonyl (C=O) groups excluding carboxylic acids is 1. The first kappa shape index (κ1) is 16.3. The van der Waals surface area contributed by atoms with Crippen molar-refractivity contribution in [3.8, 4) is 0 Å². The summed E-state index contributed by atoms with van der Waals surface area (Å²) in [6, 6.07) is 9.78. The van der Waals surface area contributed by atoms with Gasteiger partial charge in [0.05, 0.1) is 26.2 Å². The van der Waals surface area contributed by atoms with Crippen LogP contribution in [0.25, 0.3) is 0 Å². The molecule has 3 rings (SSSR count). The van der Waals surface area contributed by atoms with E-state index in [1.807, 2.05) is 30.3 Å². The Hall–Kier alpha value is -1.61. The Morgan fingerprint density at radius 1 is 1.13 bits per heavy atom. The third kappa shape index (κ3) is 4.68. The van der Waals surface area contributed by atoms with Crippen LogP contribution >= 0.6 is 0 Å². The largest absolute Gasteiger partial charge is 0.333 e. The van der Waals surface area contributed by atoms with Gasteiger partial charge in [0.25, 0.3) is 5.91 Å². The number of hydrogen-bond donors (Lipinski definition) is 1. The van der Waals surface area contributed by atoms with Crippen LogP contribution in [0.2, 0.25) is 0 Å². The molecule has 1 fully saturated rings. The van der Waals surface area contributed by atoms with E-state index in [0.717, 1.165) is 38.0 Å². The maximum atomic E-state index is 12.9. The minimum Gasteiger partial charge on any atom is -0.333 e. The molecule has 1 N–H and O–H groups in total. The van der Waals surface area contributed by atoms with Gasteiger partial charge in [-0.25, -0.2) is 0 Å². The first-order valence-electron chi connectivity index (χ1n) is 9.16. The molecule has 1 aliphatic heterocycles. The second-order valence-electron chi connectivity index (χ2n) is 6.97.